The molecule has 18 heavy (non-hydrogen) atoms. The zero-order chi connectivity index (χ0) is 13.1. The van der Waals surface area contributed by atoms with Crippen molar-refractivity contribution in [3.63, 3.8) is 0 Å². The van der Waals surface area contributed by atoms with Crippen molar-refractivity contribution in [3.8, 4) is 0 Å². The van der Waals surface area contributed by atoms with Crippen molar-refractivity contribution < 1.29 is 4.79 Å². The lowest BCUT2D eigenvalue weighted by molar-refractivity contribution is 0.101. The van der Waals surface area contributed by atoms with Gasteiger partial charge in [-0.25, -0.2) is 0 Å². The summed E-state index contributed by atoms with van der Waals surface area (Å²) in [6.45, 7) is 4.27. The molecule has 0 saturated carbocycles. The van der Waals surface area contributed by atoms with E-state index in [2.05, 4.69) is 15.4 Å². The Balaban J connectivity index is 2.29. The summed E-state index contributed by atoms with van der Waals surface area (Å²) in [6.07, 6.45) is 3.22. The van der Waals surface area contributed by atoms with Crippen molar-refractivity contribution >= 4 is 23.2 Å². The second kappa shape index (κ2) is 5.18. The second-order valence-electron chi connectivity index (χ2n) is 3.76. The molecular weight excluding hydrogens is 252 g/mol. The topological polar surface area (TPSA) is 59.8 Å². The first-order valence-electron chi connectivity index (χ1n) is 5.57. The summed E-state index contributed by atoms with van der Waals surface area (Å²) in [5, 5.41) is 7.33. The van der Waals surface area contributed by atoms with Crippen molar-refractivity contribution in [2.45, 2.75) is 20.4 Å². The number of halogens is 1. The van der Waals surface area contributed by atoms with Crippen LogP contribution in [0.1, 0.15) is 23.1 Å². The quantitative estimate of drug-likeness (QED) is 0.927. The highest BCUT2D eigenvalue weighted by atomic mass is 35.5. The molecule has 0 atom stereocenters. The number of nitrogens with one attached hydrogen (secondary N) is 1. The van der Waals surface area contributed by atoms with Gasteiger partial charge in [-0.1, -0.05) is 11.6 Å². The summed E-state index contributed by atoms with van der Waals surface area (Å²) in [7, 11) is 0. The summed E-state index contributed by atoms with van der Waals surface area (Å²) in [5.41, 5.74) is 1.65. The molecule has 2 aromatic rings. The number of pyridine rings is 1. The highest BCUT2D eigenvalue weighted by Gasteiger charge is 2.19. The van der Waals surface area contributed by atoms with Gasteiger partial charge in [0.15, 0.2) is 0 Å². The monoisotopic (exact) mass is 264 g/mol. The van der Waals surface area contributed by atoms with Crippen LogP contribution in [0.3, 0.4) is 0 Å². The molecule has 1 amide bonds. The Labute approximate surface area is 110 Å². The Morgan fingerprint density at radius 3 is 2.94 bits per heavy atom. The van der Waals surface area contributed by atoms with Crippen LogP contribution in [-0.2, 0) is 6.54 Å². The third-order valence-corrected chi connectivity index (χ3v) is 2.94. The van der Waals surface area contributed by atoms with Gasteiger partial charge in [0.25, 0.3) is 5.91 Å². The van der Waals surface area contributed by atoms with Crippen LogP contribution in [0, 0.1) is 6.92 Å². The molecule has 0 fully saturated rings. The summed E-state index contributed by atoms with van der Waals surface area (Å²) in [4.78, 5) is 16.1. The molecule has 0 unspecified atom stereocenters. The Morgan fingerprint density at radius 1 is 1.56 bits per heavy atom. The van der Waals surface area contributed by atoms with Crippen molar-refractivity contribution in [2.75, 3.05) is 5.32 Å². The maximum atomic E-state index is 12.1. The van der Waals surface area contributed by atoms with Gasteiger partial charge >= 0.3 is 0 Å². The molecule has 6 heteroatoms. The van der Waals surface area contributed by atoms with Gasteiger partial charge in [-0.2, -0.15) is 5.10 Å². The molecule has 1 N–H and O–H groups in total. The van der Waals surface area contributed by atoms with Gasteiger partial charge in [0.05, 0.1) is 22.6 Å². The first-order chi connectivity index (χ1) is 8.63. The van der Waals surface area contributed by atoms with Crippen LogP contribution in [0.5, 0.6) is 0 Å². The van der Waals surface area contributed by atoms with Crippen molar-refractivity contribution in [1.82, 2.24) is 14.8 Å². The van der Waals surface area contributed by atoms with E-state index in [9.17, 15) is 4.79 Å². The lowest BCUT2D eigenvalue weighted by Crippen LogP contribution is -2.17. The predicted molar refractivity (Wildman–Crippen MR) is 69.8 cm³/mol. The van der Waals surface area contributed by atoms with Gasteiger partial charge in [0.1, 0.15) is 5.69 Å². The number of anilines is 1. The first-order valence-corrected chi connectivity index (χ1v) is 5.95. The largest absolute Gasteiger partial charge is 0.319 e. The summed E-state index contributed by atoms with van der Waals surface area (Å²) >= 11 is 6.09. The fourth-order valence-corrected chi connectivity index (χ4v) is 1.85. The predicted octanol–water partition coefficient (Wildman–Crippen LogP) is 2.51. The minimum Gasteiger partial charge on any atom is -0.319 e. The van der Waals surface area contributed by atoms with Crippen LogP contribution in [0.4, 0.5) is 5.69 Å². The zero-order valence-corrected chi connectivity index (χ0v) is 10.9. The summed E-state index contributed by atoms with van der Waals surface area (Å²) in [6, 6.07) is 3.51. The molecule has 0 saturated heterocycles. The average Bonchev–Trinajstić information content (AvgIpc) is 2.66. The third kappa shape index (κ3) is 2.36. The van der Waals surface area contributed by atoms with E-state index >= 15 is 0 Å². The summed E-state index contributed by atoms with van der Waals surface area (Å²) in [5.74, 6) is -0.282. The molecule has 5 nitrogen and oxygen atoms in total. The normalized spacial score (nSPS) is 10.4. The molecule has 0 aliphatic rings. The molecular formula is C12H13ClN4O. The van der Waals surface area contributed by atoms with E-state index in [1.54, 1.807) is 36.1 Å². The van der Waals surface area contributed by atoms with E-state index in [-0.39, 0.29) is 5.91 Å². The lowest BCUT2D eigenvalue weighted by atomic mass is 10.3. The number of amides is 1. The Bertz CT molecular complexity index is 565. The SMILES string of the molecule is CCn1nc(C)c(Cl)c1C(=O)Nc1cccnc1. The molecule has 0 aromatic carbocycles. The van der Waals surface area contributed by atoms with E-state index in [4.69, 9.17) is 11.6 Å². The van der Waals surface area contributed by atoms with E-state index < -0.39 is 0 Å². The fraction of sp³-hybridized carbons (Fsp3) is 0.250. The van der Waals surface area contributed by atoms with Crippen molar-refractivity contribution in [3.05, 3.63) is 40.9 Å². The third-order valence-electron chi connectivity index (χ3n) is 2.49. The smallest absolute Gasteiger partial charge is 0.275 e. The Hall–Kier alpha value is -1.88. The standard InChI is InChI=1S/C12H13ClN4O/c1-3-17-11(10(13)8(2)16-17)12(18)15-9-5-4-6-14-7-9/h4-7H,3H2,1-2H3,(H,15,18). The fourth-order valence-electron chi connectivity index (χ4n) is 1.63. The molecule has 0 aliphatic heterocycles. The van der Waals surface area contributed by atoms with Gasteiger partial charge in [0, 0.05) is 12.7 Å². The van der Waals surface area contributed by atoms with Crippen LogP contribution in [0.25, 0.3) is 0 Å². The van der Waals surface area contributed by atoms with Gasteiger partial charge in [-0.3, -0.25) is 14.5 Å². The highest BCUT2D eigenvalue weighted by Crippen LogP contribution is 2.21. The van der Waals surface area contributed by atoms with Gasteiger partial charge in [-0.05, 0) is 26.0 Å². The number of hydrogen-bond donors (Lipinski definition) is 1. The van der Waals surface area contributed by atoms with Crippen molar-refractivity contribution in [1.29, 1.82) is 0 Å². The Morgan fingerprint density at radius 2 is 2.33 bits per heavy atom. The molecule has 94 valence electrons. The molecule has 2 rings (SSSR count). The van der Waals surface area contributed by atoms with E-state index in [0.29, 0.717) is 28.6 Å². The maximum absolute atomic E-state index is 12.1. The van der Waals surface area contributed by atoms with Gasteiger partial charge in [-0.15, -0.1) is 0 Å². The number of nitrogens with zero attached hydrogens (tertiary/aromatic N) is 3. The average molecular weight is 265 g/mol. The van der Waals surface area contributed by atoms with Crippen LogP contribution in [0.2, 0.25) is 5.02 Å². The summed E-state index contributed by atoms with van der Waals surface area (Å²) < 4.78 is 1.59. The molecule has 2 heterocycles. The van der Waals surface area contributed by atoms with Crippen LogP contribution < -0.4 is 5.32 Å². The van der Waals surface area contributed by atoms with Crippen LogP contribution >= 0.6 is 11.6 Å². The Kier molecular flexibility index (Phi) is 3.62. The molecule has 0 bridgehead atoms. The van der Waals surface area contributed by atoms with E-state index in [1.807, 2.05) is 6.92 Å². The maximum Gasteiger partial charge on any atom is 0.275 e. The molecule has 0 aliphatic carbocycles. The minimum atomic E-state index is -0.282. The zero-order valence-electron chi connectivity index (χ0n) is 10.1. The van der Waals surface area contributed by atoms with Crippen LogP contribution in [0.15, 0.2) is 24.5 Å². The number of aromatic nitrogens is 3. The molecule has 0 spiro atoms. The number of hydrogen-bond acceptors (Lipinski definition) is 3. The highest BCUT2D eigenvalue weighted by molar-refractivity contribution is 6.34. The number of carbonyl (C=O) groups is 1. The molecule has 0 radical (unpaired) electrons. The van der Waals surface area contributed by atoms with Crippen LogP contribution in [-0.4, -0.2) is 20.7 Å². The van der Waals surface area contributed by atoms with Gasteiger partial charge in [0.2, 0.25) is 0 Å². The number of aryl methyl sites for hydroxylation is 2. The molecule has 2 aromatic heterocycles. The first kappa shape index (κ1) is 12.6. The number of carbonyl (C=O) groups excluding carboxylic acids is 1. The van der Waals surface area contributed by atoms with Crippen molar-refractivity contribution in [2.24, 2.45) is 0 Å². The minimum absolute atomic E-state index is 0.282. The van der Waals surface area contributed by atoms with E-state index in [1.165, 1.54) is 0 Å². The second-order valence-corrected chi connectivity index (χ2v) is 4.14. The number of rotatable bonds is 3. The lowest BCUT2D eigenvalue weighted by Gasteiger charge is -2.06. The van der Waals surface area contributed by atoms with E-state index in [0.717, 1.165) is 0 Å². The van der Waals surface area contributed by atoms with Gasteiger partial charge < -0.3 is 5.32 Å².